The standard InChI is InChI=1S/C38H52N4O2S3/c1-3-4-5-6-7-8-9-10-11-12-13-14-15-16-17-21-28-45-34-29-33(43)36(37(35(34)44)46-32-26-24-30(2)25-27-32)47-38-39-40-41-42(38)31-22-19-18-20-23-31/h18-20,22-27,29,43-44H,3-17,21,28H2,1-2H3. The van der Waals surface area contributed by atoms with Gasteiger partial charge in [-0.2, -0.15) is 4.68 Å². The van der Waals surface area contributed by atoms with Gasteiger partial charge in [0.25, 0.3) is 0 Å². The van der Waals surface area contributed by atoms with Gasteiger partial charge < -0.3 is 10.2 Å². The van der Waals surface area contributed by atoms with Crippen LogP contribution in [0.25, 0.3) is 5.69 Å². The molecule has 9 heteroatoms. The third-order valence-electron chi connectivity index (χ3n) is 8.29. The lowest BCUT2D eigenvalue weighted by molar-refractivity contribution is 0.423. The summed E-state index contributed by atoms with van der Waals surface area (Å²) in [6, 6.07) is 19.5. The summed E-state index contributed by atoms with van der Waals surface area (Å²) in [6.45, 7) is 4.34. The summed E-state index contributed by atoms with van der Waals surface area (Å²) in [5.41, 5.74) is 1.99. The minimum atomic E-state index is 0.111. The zero-order valence-corrected chi connectivity index (χ0v) is 30.7. The predicted molar refractivity (Wildman–Crippen MR) is 199 cm³/mol. The molecule has 0 saturated carbocycles. The highest BCUT2D eigenvalue weighted by Crippen LogP contribution is 2.51. The minimum Gasteiger partial charge on any atom is -0.507 e. The van der Waals surface area contributed by atoms with Crippen LogP contribution in [-0.4, -0.2) is 36.2 Å². The molecule has 254 valence electrons. The van der Waals surface area contributed by atoms with Crippen LogP contribution in [-0.2, 0) is 0 Å². The maximum atomic E-state index is 11.5. The molecular weight excluding hydrogens is 641 g/mol. The van der Waals surface area contributed by atoms with Crippen molar-refractivity contribution in [3.05, 3.63) is 66.2 Å². The van der Waals surface area contributed by atoms with Crippen molar-refractivity contribution in [3.63, 3.8) is 0 Å². The first kappa shape index (κ1) is 37.2. The molecule has 0 aliphatic heterocycles. The van der Waals surface area contributed by atoms with Crippen molar-refractivity contribution in [2.75, 3.05) is 5.75 Å². The van der Waals surface area contributed by atoms with E-state index in [0.29, 0.717) is 19.8 Å². The number of nitrogens with zero attached hydrogens (tertiary/aromatic N) is 4. The van der Waals surface area contributed by atoms with Crippen molar-refractivity contribution >= 4 is 35.3 Å². The summed E-state index contributed by atoms with van der Waals surface area (Å²) >= 11 is 4.31. The zero-order chi connectivity index (χ0) is 33.1. The molecule has 47 heavy (non-hydrogen) atoms. The van der Waals surface area contributed by atoms with Crippen molar-refractivity contribution in [1.82, 2.24) is 20.2 Å². The number of rotatable bonds is 23. The van der Waals surface area contributed by atoms with E-state index in [4.69, 9.17) is 0 Å². The first-order chi connectivity index (χ1) is 23.1. The Morgan fingerprint density at radius 3 is 1.83 bits per heavy atom. The molecule has 0 aliphatic rings. The first-order valence-electron chi connectivity index (χ1n) is 17.5. The number of hydrogen-bond acceptors (Lipinski definition) is 8. The van der Waals surface area contributed by atoms with E-state index in [2.05, 4.69) is 41.5 Å². The second-order valence-electron chi connectivity index (χ2n) is 12.3. The van der Waals surface area contributed by atoms with Gasteiger partial charge in [0.05, 0.1) is 20.4 Å². The van der Waals surface area contributed by atoms with Crippen molar-refractivity contribution in [1.29, 1.82) is 0 Å². The van der Waals surface area contributed by atoms with E-state index >= 15 is 0 Å². The number of para-hydroxylation sites is 1. The number of thioether (sulfide) groups is 1. The van der Waals surface area contributed by atoms with Crippen molar-refractivity contribution in [2.24, 2.45) is 0 Å². The Labute approximate surface area is 294 Å². The van der Waals surface area contributed by atoms with E-state index in [1.165, 1.54) is 125 Å². The van der Waals surface area contributed by atoms with Crippen molar-refractivity contribution in [3.8, 4) is 17.2 Å². The predicted octanol–water partition coefficient (Wildman–Crippen LogP) is 12.0. The van der Waals surface area contributed by atoms with E-state index in [1.807, 2.05) is 42.5 Å². The molecule has 0 unspecified atom stereocenters. The molecule has 0 bridgehead atoms. The third kappa shape index (κ3) is 12.7. The maximum Gasteiger partial charge on any atom is 0.219 e. The van der Waals surface area contributed by atoms with Gasteiger partial charge in [0, 0.05) is 4.90 Å². The lowest BCUT2D eigenvalue weighted by Gasteiger charge is -2.16. The Kier molecular flexibility index (Phi) is 16.9. The number of aromatic nitrogens is 4. The van der Waals surface area contributed by atoms with E-state index in [9.17, 15) is 10.2 Å². The van der Waals surface area contributed by atoms with Crippen LogP contribution in [0.3, 0.4) is 0 Å². The summed E-state index contributed by atoms with van der Waals surface area (Å²) in [5, 5.41) is 35.6. The lowest BCUT2D eigenvalue weighted by Crippen LogP contribution is -1.98. The molecule has 0 amide bonds. The van der Waals surface area contributed by atoms with Gasteiger partial charge in [-0.05, 0) is 71.6 Å². The number of unbranched alkanes of at least 4 members (excludes halogenated alkanes) is 15. The molecule has 6 nitrogen and oxygen atoms in total. The fraction of sp³-hybridized carbons (Fsp3) is 0.500. The Balaban J connectivity index is 1.25. The average molecular weight is 693 g/mol. The number of benzene rings is 3. The highest BCUT2D eigenvalue weighted by atomic mass is 32.2. The quantitative estimate of drug-likeness (QED) is 0.0451. The number of phenols is 2. The monoisotopic (exact) mass is 692 g/mol. The number of hydrogen-bond donors (Lipinski definition) is 2. The van der Waals surface area contributed by atoms with Crippen LogP contribution in [0, 0.1) is 6.92 Å². The van der Waals surface area contributed by atoms with E-state index in [1.54, 1.807) is 22.5 Å². The Hall–Kier alpha value is -2.62. The smallest absolute Gasteiger partial charge is 0.219 e. The van der Waals surface area contributed by atoms with Crippen LogP contribution in [0.2, 0.25) is 0 Å². The largest absolute Gasteiger partial charge is 0.507 e. The Morgan fingerprint density at radius 2 is 1.23 bits per heavy atom. The van der Waals surface area contributed by atoms with Crippen LogP contribution in [0.15, 0.2) is 85.4 Å². The highest BCUT2D eigenvalue weighted by Gasteiger charge is 2.23. The number of phenolic OH excluding ortho intramolecular Hbond substituents is 2. The lowest BCUT2D eigenvalue weighted by atomic mass is 10.0. The van der Waals surface area contributed by atoms with Crippen LogP contribution < -0.4 is 0 Å². The normalized spacial score (nSPS) is 11.4. The van der Waals surface area contributed by atoms with Crippen molar-refractivity contribution in [2.45, 2.75) is 141 Å². The summed E-state index contributed by atoms with van der Waals surface area (Å²) < 4.78 is 1.64. The van der Waals surface area contributed by atoms with Crippen molar-refractivity contribution < 1.29 is 10.2 Å². The molecule has 0 aliphatic carbocycles. The summed E-state index contributed by atoms with van der Waals surface area (Å²) in [4.78, 5) is 2.82. The second-order valence-corrected chi connectivity index (χ2v) is 15.5. The van der Waals surface area contributed by atoms with Gasteiger partial charge in [0.2, 0.25) is 5.16 Å². The Bertz CT molecular complexity index is 1450. The zero-order valence-electron chi connectivity index (χ0n) is 28.2. The van der Waals surface area contributed by atoms with E-state index in [-0.39, 0.29) is 11.5 Å². The molecule has 2 N–H and O–H groups in total. The van der Waals surface area contributed by atoms with Crippen LogP contribution in [0.1, 0.15) is 115 Å². The van der Waals surface area contributed by atoms with Gasteiger partial charge in [0.1, 0.15) is 11.5 Å². The average Bonchev–Trinajstić information content (AvgIpc) is 3.56. The van der Waals surface area contributed by atoms with Gasteiger partial charge >= 0.3 is 0 Å². The van der Waals surface area contributed by atoms with Crippen LogP contribution >= 0.6 is 35.3 Å². The maximum absolute atomic E-state index is 11.5. The fourth-order valence-electron chi connectivity index (χ4n) is 5.52. The molecule has 0 fully saturated rings. The molecule has 3 aromatic carbocycles. The van der Waals surface area contributed by atoms with Gasteiger partial charge in [-0.3, -0.25) is 0 Å². The van der Waals surface area contributed by atoms with Gasteiger partial charge in [-0.25, -0.2) is 0 Å². The van der Waals surface area contributed by atoms with Crippen LogP contribution in [0.4, 0.5) is 0 Å². The number of tetrazole rings is 1. The van der Waals surface area contributed by atoms with Gasteiger partial charge in [-0.15, -0.1) is 16.9 Å². The van der Waals surface area contributed by atoms with Gasteiger partial charge in [-0.1, -0.05) is 151 Å². The number of aryl methyl sites for hydroxylation is 1. The molecule has 0 spiro atoms. The highest BCUT2D eigenvalue weighted by molar-refractivity contribution is 8.02. The van der Waals surface area contributed by atoms with E-state index < -0.39 is 0 Å². The molecular formula is C38H52N4O2S3. The van der Waals surface area contributed by atoms with Gasteiger partial charge in [0.15, 0.2) is 0 Å². The molecule has 0 saturated heterocycles. The van der Waals surface area contributed by atoms with E-state index in [0.717, 1.165) is 22.8 Å². The molecule has 1 heterocycles. The summed E-state index contributed by atoms with van der Waals surface area (Å²) in [5.74, 6) is 1.20. The van der Waals surface area contributed by atoms with Crippen LogP contribution in [0.5, 0.6) is 11.5 Å². The Morgan fingerprint density at radius 1 is 0.660 bits per heavy atom. The molecule has 1 aromatic heterocycles. The molecule has 4 rings (SSSR count). The minimum absolute atomic E-state index is 0.111. The molecule has 0 atom stereocenters. The number of aromatic hydroxyl groups is 2. The SMILES string of the molecule is CCCCCCCCCCCCCCCCCCSc1cc(O)c(Sc2nnnn2-c2ccccc2)c(Sc2ccc(C)cc2)c1O. The molecule has 4 aromatic rings. The first-order valence-corrected chi connectivity index (χ1v) is 20.2. The summed E-state index contributed by atoms with van der Waals surface area (Å²) in [7, 11) is 0. The third-order valence-corrected chi connectivity index (χ3v) is 11.7. The second kappa shape index (κ2) is 21.4. The summed E-state index contributed by atoms with van der Waals surface area (Å²) in [6.07, 6.45) is 21.6. The topological polar surface area (TPSA) is 84.1 Å². The fourth-order valence-corrected chi connectivity index (χ4v) is 8.59. The molecule has 0 radical (unpaired) electrons.